The Morgan fingerprint density at radius 3 is 2.30 bits per heavy atom. The lowest BCUT2D eigenvalue weighted by atomic mass is 9.70. The van der Waals surface area contributed by atoms with E-state index in [4.69, 9.17) is 10.2 Å². The minimum atomic E-state index is -0.618. The molecule has 4 heterocycles. The molecule has 44 heavy (non-hydrogen) atoms. The summed E-state index contributed by atoms with van der Waals surface area (Å²) < 4.78 is 2.50. The molecule has 3 aliphatic rings. The van der Waals surface area contributed by atoms with E-state index in [9.17, 15) is 9.59 Å². The fraction of sp³-hybridized carbons (Fsp3) is 0.417. The van der Waals surface area contributed by atoms with Crippen LogP contribution in [0.15, 0.2) is 78.9 Å². The molecule has 1 aromatic heterocycles. The van der Waals surface area contributed by atoms with Crippen LogP contribution in [0, 0.1) is 6.92 Å². The molecule has 0 aliphatic carbocycles. The maximum absolute atomic E-state index is 13.5. The number of benzene rings is 3. The zero-order valence-electron chi connectivity index (χ0n) is 25.4. The van der Waals surface area contributed by atoms with Crippen molar-refractivity contribution < 1.29 is 14.8 Å². The molecular formula is C36H41N5O3. The van der Waals surface area contributed by atoms with Crippen LogP contribution in [-0.4, -0.2) is 68.1 Å². The molecule has 228 valence electrons. The first-order valence-electron chi connectivity index (χ1n) is 16.0. The van der Waals surface area contributed by atoms with Gasteiger partial charge in [-0.1, -0.05) is 48.5 Å². The number of piperidine rings is 2. The molecule has 2 bridgehead atoms. The van der Waals surface area contributed by atoms with Crippen molar-refractivity contribution in [3.05, 3.63) is 101 Å². The van der Waals surface area contributed by atoms with Crippen molar-refractivity contribution in [3.63, 3.8) is 0 Å². The lowest BCUT2D eigenvalue weighted by molar-refractivity contribution is 0.0607. The summed E-state index contributed by atoms with van der Waals surface area (Å²) in [5, 5.41) is 9.02. The van der Waals surface area contributed by atoms with Crippen molar-refractivity contribution >= 4 is 22.8 Å². The third-order valence-electron chi connectivity index (χ3n) is 10.7. The SMILES string of the molecule is Cc1nc2ccccc2n1C1C[C@H]2CC[C@@H](C1)N2CCC1(c2ccccc2)CCN(C(=O)c2cccc(C(=O)NO)c2)CC1. The average Bonchev–Trinajstić information content (AvgIpc) is 3.53. The zero-order chi connectivity index (χ0) is 30.3. The first kappa shape index (κ1) is 28.7. The highest BCUT2D eigenvalue weighted by Gasteiger charge is 2.44. The van der Waals surface area contributed by atoms with Crippen LogP contribution in [0.5, 0.6) is 0 Å². The molecule has 8 nitrogen and oxygen atoms in total. The predicted molar refractivity (Wildman–Crippen MR) is 170 cm³/mol. The monoisotopic (exact) mass is 591 g/mol. The van der Waals surface area contributed by atoms with Gasteiger partial charge in [0.1, 0.15) is 5.82 Å². The molecular weight excluding hydrogens is 550 g/mol. The Kier molecular flexibility index (Phi) is 7.72. The van der Waals surface area contributed by atoms with E-state index in [1.807, 2.05) is 4.90 Å². The van der Waals surface area contributed by atoms with Crippen molar-refractivity contribution in [2.45, 2.75) is 75.4 Å². The summed E-state index contributed by atoms with van der Waals surface area (Å²) >= 11 is 0. The third kappa shape index (κ3) is 5.20. The van der Waals surface area contributed by atoms with Gasteiger partial charge >= 0.3 is 0 Å². The van der Waals surface area contributed by atoms with E-state index in [1.54, 1.807) is 29.7 Å². The number of likely N-dealkylation sites (tertiary alicyclic amines) is 1. The topological polar surface area (TPSA) is 90.7 Å². The fourth-order valence-corrected chi connectivity index (χ4v) is 8.44. The van der Waals surface area contributed by atoms with Crippen LogP contribution in [0.2, 0.25) is 0 Å². The molecule has 7 rings (SSSR count). The number of hydroxylamine groups is 1. The number of rotatable bonds is 7. The lowest BCUT2D eigenvalue weighted by Crippen LogP contribution is -2.49. The first-order chi connectivity index (χ1) is 21.5. The average molecular weight is 592 g/mol. The molecule has 0 saturated carbocycles. The van der Waals surface area contributed by atoms with Gasteiger partial charge in [0.25, 0.3) is 11.8 Å². The maximum Gasteiger partial charge on any atom is 0.274 e. The summed E-state index contributed by atoms with van der Waals surface area (Å²) in [6, 6.07) is 27.7. The van der Waals surface area contributed by atoms with Crippen molar-refractivity contribution in [2.24, 2.45) is 0 Å². The van der Waals surface area contributed by atoms with Crippen LogP contribution in [0.25, 0.3) is 11.0 Å². The zero-order valence-corrected chi connectivity index (χ0v) is 25.4. The Morgan fingerprint density at radius 2 is 1.57 bits per heavy atom. The number of carbonyl (C=O) groups excluding carboxylic acids is 2. The Labute approximate surface area is 258 Å². The molecule has 3 aliphatic heterocycles. The molecule has 2 N–H and O–H groups in total. The van der Waals surface area contributed by atoms with E-state index < -0.39 is 5.91 Å². The van der Waals surface area contributed by atoms with E-state index in [0.717, 1.165) is 37.1 Å². The second kappa shape index (κ2) is 11.8. The van der Waals surface area contributed by atoms with E-state index in [2.05, 4.69) is 71.0 Å². The van der Waals surface area contributed by atoms with Crippen molar-refractivity contribution in [1.82, 2.24) is 24.8 Å². The number of hydrogen-bond donors (Lipinski definition) is 2. The molecule has 3 atom stereocenters. The second-order valence-electron chi connectivity index (χ2n) is 13.0. The van der Waals surface area contributed by atoms with E-state index >= 15 is 0 Å². The second-order valence-corrected chi connectivity index (χ2v) is 13.0. The van der Waals surface area contributed by atoms with Crippen LogP contribution >= 0.6 is 0 Å². The van der Waals surface area contributed by atoms with Crippen molar-refractivity contribution in [1.29, 1.82) is 0 Å². The van der Waals surface area contributed by atoms with Gasteiger partial charge in [0, 0.05) is 42.3 Å². The summed E-state index contributed by atoms with van der Waals surface area (Å²) in [6.45, 7) is 4.57. The fourth-order valence-electron chi connectivity index (χ4n) is 8.44. The Bertz CT molecular complexity index is 1640. The minimum Gasteiger partial charge on any atom is -0.339 e. The van der Waals surface area contributed by atoms with Gasteiger partial charge in [-0.25, -0.2) is 10.5 Å². The van der Waals surface area contributed by atoms with E-state index in [0.29, 0.717) is 36.8 Å². The summed E-state index contributed by atoms with van der Waals surface area (Å²) in [5.74, 6) is 0.436. The van der Waals surface area contributed by atoms with Gasteiger partial charge in [0.2, 0.25) is 0 Å². The lowest BCUT2D eigenvalue weighted by Gasteiger charge is -2.45. The number of amides is 2. The number of nitrogens with one attached hydrogen (secondary N) is 1. The van der Waals surface area contributed by atoms with Crippen LogP contribution in [0.4, 0.5) is 0 Å². The summed E-state index contributed by atoms with van der Waals surface area (Å²) in [5.41, 5.74) is 6.14. The predicted octanol–water partition coefficient (Wildman–Crippen LogP) is 5.90. The summed E-state index contributed by atoms with van der Waals surface area (Å²) in [6.07, 6.45) is 7.77. The van der Waals surface area contributed by atoms with Gasteiger partial charge < -0.3 is 9.47 Å². The Hall–Kier alpha value is -4.01. The molecule has 0 radical (unpaired) electrons. The van der Waals surface area contributed by atoms with Gasteiger partial charge in [0.05, 0.1) is 11.0 Å². The molecule has 3 fully saturated rings. The quantitative estimate of drug-likeness (QED) is 0.206. The molecule has 3 saturated heterocycles. The number of aryl methyl sites for hydroxylation is 1. The molecule has 0 spiro atoms. The minimum absolute atomic E-state index is 0.0179. The highest BCUT2D eigenvalue weighted by Crippen LogP contribution is 2.45. The van der Waals surface area contributed by atoms with Gasteiger partial charge in [-0.3, -0.25) is 19.7 Å². The molecule has 8 heteroatoms. The Morgan fingerprint density at radius 1 is 0.886 bits per heavy atom. The van der Waals surface area contributed by atoms with Crippen molar-refractivity contribution in [2.75, 3.05) is 19.6 Å². The maximum atomic E-state index is 13.5. The van der Waals surface area contributed by atoms with Gasteiger partial charge in [0.15, 0.2) is 0 Å². The number of para-hydroxylation sites is 2. The van der Waals surface area contributed by atoms with Gasteiger partial charge in [-0.2, -0.15) is 0 Å². The number of fused-ring (bicyclic) bond motifs is 3. The highest BCUT2D eigenvalue weighted by atomic mass is 16.5. The normalized spacial score (nSPS) is 23.1. The highest BCUT2D eigenvalue weighted by molar-refractivity contribution is 5.99. The number of nitrogens with zero attached hydrogens (tertiary/aromatic N) is 4. The van der Waals surface area contributed by atoms with Crippen LogP contribution in [0.1, 0.15) is 83.1 Å². The number of imidazole rings is 1. The number of hydrogen-bond acceptors (Lipinski definition) is 5. The molecule has 1 unspecified atom stereocenters. The Balaban J connectivity index is 1.05. The first-order valence-corrected chi connectivity index (χ1v) is 16.0. The van der Waals surface area contributed by atoms with Crippen LogP contribution < -0.4 is 5.48 Å². The van der Waals surface area contributed by atoms with Crippen LogP contribution in [0.3, 0.4) is 0 Å². The largest absolute Gasteiger partial charge is 0.339 e. The molecule has 3 aromatic carbocycles. The summed E-state index contributed by atoms with van der Waals surface area (Å²) in [7, 11) is 0. The van der Waals surface area contributed by atoms with Gasteiger partial charge in [-0.05, 0) is 99.7 Å². The standard InChI is InChI=1S/C36H41N5O3/c1-25-37-32-12-5-6-13-33(32)41(25)31-23-29-14-15-30(24-31)40(29)21-18-36(28-10-3-2-4-11-28)16-19-39(20-17-36)35(43)27-9-7-8-26(22-27)34(42)38-44/h2-13,22,29-31,44H,14-21,23-24H2,1H3,(H,38,42)/t29-,30+,31?. The molecule has 2 amide bonds. The van der Waals surface area contributed by atoms with E-state index in [1.165, 1.54) is 36.8 Å². The van der Waals surface area contributed by atoms with E-state index in [-0.39, 0.29) is 16.9 Å². The summed E-state index contributed by atoms with van der Waals surface area (Å²) in [4.78, 5) is 35.0. The third-order valence-corrected chi connectivity index (χ3v) is 10.7. The van der Waals surface area contributed by atoms with Crippen LogP contribution in [-0.2, 0) is 5.41 Å². The molecule has 4 aromatic rings. The van der Waals surface area contributed by atoms with Crippen molar-refractivity contribution in [3.8, 4) is 0 Å². The smallest absolute Gasteiger partial charge is 0.274 e. The number of carbonyl (C=O) groups is 2. The van der Waals surface area contributed by atoms with Gasteiger partial charge in [-0.15, -0.1) is 0 Å². The number of aromatic nitrogens is 2.